The van der Waals surface area contributed by atoms with Crippen molar-refractivity contribution in [1.29, 1.82) is 0 Å². The minimum Gasteiger partial charge on any atom is -0.496 e. The summed E-state index contributed by atoms with van der Waals surface area (Å²) in [6, 6.07) is 20.2. The first-order valence-electron chi connectivity index (χ1n) is 9.56. The van der Waals surface area contributed by atoms with Crippen molar-refractivity contribution in [2.75, 3.05) is 12.4 Å². The van der Waals surface area contributed by atoms with E-state index in [0.29, 0.717) is 17.0 Å². The Morgan fingerprint density at radius 2 is 1.71 bits per heavy atom. The van der Waals surface area contributed by atoms with Gasteiger partial charge >= 0.3 is 0 Å². The monoisotopic (exact) mass is 550 g/mol. The molecule has 1 atom stereocenters. The van der Waals surface area contributed by atoms with Gasteiger partial charge in [-0.05, 0) is 89.5 Å². The van der Waals surface area contributed by atoms with Gasteiger partial charge in [-0.15, -0.1) is 0 Å². The van der Waals surface area contributed by atoms with Crippen molar-refractivity contribution in [1.82, 2.24) is 4.72 Å². The summed E-state index contributed by atoms with van der Waals surface area (Å²) in [6.07, 6.45) is 0.214. The van der Waals surface area contributed by atoms with Crippen molar-refractivity contribution in [3.63, 3.8) is 0 Å². The molecule has 2 N–H and O–H groups in total. The van der Waals surface area contributed by atoms with Crippen LogP contribution in [-0.2, 0) is 21.2 Å². The van der Waals surface area contributed by atoms with Crippen LogP contribution in [0.3, 0.4) is 0 Å². The summed E-state index contributed by atoms with van der Waals surface area (Å²) in [4.78, 5) is 13.1. The van der Waals surface area contributed by atoms with Gasteiger partial charge in [-0.25, -0.2) is 8.42 Å². The van der Waals surface area contributed by atoms with Crippen LogP contribution >= 0.6 is 22.6 Å². The SMILES string of the molecule is COc1ccc(S(=O)(=O)N[C@H](Cc2ccccc2)C(=O)Nc2ccc(I)cc2)cc1C. The first kappa shape index (κ1) is 23.2. The molecular formula is C23H23IN2O4S. The molecular weight excluding hydrogens is 527 g/mol. The van der Waals surface area contributed by atoms with E-state index in [4.69, 9.17) is 4.74 Å². The number of ether oxygens (including phenoxy) is 1. The third-order valence-electron chi connectivity index (χ3n) is 4.68. The minimum absolute atomic E-state index is 0.0749. The Morgan fingerprint density at radius 1 is 1.03 bits per heavy atom. The van der Waals surface area contributed by atoms with E-state index in [1.807, 2.05) is 42.5 Å². The number of methoxy groups -OCH3 is 1. The van der Waals surface area contributed by atoms with E-state index < -0.39 is 22.0 Å². The van der Waals surface area contributed by atoms with Crippen molar-refractivity contribution in [2.45, 2.75) is 24.3 Å². The van der Waals surface area contributed by atoms with Crippen LogP contribution in [-0.4, -0.2) is 27.5 Å². The molecule has 0 aromatic heterocycles. The molecule has 0 bridgehead atoms. The summed E-state index contributed by atoms with van der Waals surface area (Å²) in [7, 11) is -2.41. The number of sulfonamides is 1. The second-order valence-electron chi connectivity index (χ2n) is 6.99. The van der Waals surface area contributed by atoms with Crippen molar-refractivity contribution in [3.05, 3.63) is 87.5 Å². The lowest BCUT2D eigenvalue weighted by atomic mass is 10.1. The van der Waals surface area contributed by atoms with Crippen LogP contribution in [0.2, 0.25) is 0 Å². The van der Waals surface area contributed by atoms with E-state index in [0.717, 1.165) is 9.13 Å². The maximum Gasteiger partial charge on any atom is 0.242 e. The molecule has 8 heteroatoms. The van der Waals surface area contributed by atoms with Crippen molar-refractivity contribution < 1.29 is 17.9 Å². The van der Waals surface area contributed by atoms with Gasteiger partial charge in [0.15, 0.2) is 0 Å². The van der Waals surface area contributed by atoms with Gasteiger partial charge in [0.1, 0.15) is 11.8 Å². The fraction of sp³-hybridized carbons (Fsp3) is 0.174. The Morgan fingerprint density at radius 3 is 2.32 bits per heavy atom. The molecule has 0 aliphatic rings. The average molecular weight is 550 g/mol. The van der Waals surface area contributed by atoms with Gasteiger partial charge < -0.3 is 10.1 Å². The van der Waals surface area contributed by atoms with Crippen LogP contribution in [0.5, 0.6) is 5.75 Å². The Labute approximate surface area is 196 Å². The van der Waals surface area contributed by atoms with Gasteiger partial charge in [-0.2, -0.15) is 4.72 Å². The number of benzene rings is 3. The van der Waals surface area contributed by atoms with Crippen molar-refractivity contribution in [2.24, 2.45) is 0 Å². The maximum absolute atomic E-state index is 13.1. The van der Waals surface area contributed by atoms with E-state index in [-0.39, 0.29) is 11.3 Å². The van der Waals surface area contributed by atoms with Gasteiger partial charge in [0, 0.05) is 9.26 Å². The van der Waals surface area contributed by atoms with Crippen LogP contribution in [0, 0.1) is 10.5 Å². The average Bonchev–Trinajstić information content (AvgIpc) is 2.75. The molecule has 0 aliphatic heterocycles. The molecule has 0 radical (unpaired) electrons. The summed E-state index contributed by atoms with van der Waals surface area (Å²) in [5, 5.41) is 2.80. The van der Waals surface area contributed by atoms with Crippen LogP contribution in [0.25, 0.3) is 0 Å². The number of amides is 1. The lowest BCUT2D eigenvalue weighted by molar-refractivity contribution is -0.117. The molecule has 3 rings (SSSR count). The van der Waals surface area contributed by atoms with Crippen molar-refractivity contribution in [3.8, 4) is 5.75 Å². The number of hydrogen-bond donors (Lipinski definition) is 2. The van der Waals surface area contributed by atoms with E-state index in [1.54, 1.807) is 25.1 Å². The number of carbonyl (C=O) groups is 1. The molecule has 3 aromatic rings. The van der Waals surface area contributed by atoms with Gasteiger partial charge in [0.05, 0.1) is 12.0 Å². The Kier molecular flexibility index (Phi) is 7.69. The minimum atomic E-state index is -3.94. The standard InChI is InChI=1S/C23H23IN2O4S/c1-16-14-20(12-13-22(16)30-2)31(28,29)26-21(15-17-6-4-3-5-7-17)23(27)25-19-10-8-18(24)9-11-19/h3-14,21,26H,15H2,1-2H3,(H,25,27)/t21-/m1/s1. The number of carbonyl (C=O) groups excluding carboxylic acids is 1. The molecule has 0 saturated heterocycles. The second-order valence-corrected chi connectivity index (χ2v) is 9.95. The highest BCUT2D eigenvalue weighted by Crippen LogP contribution is 2.22. The second kappa shape index (κ2) is 10.3. The third-order valence-corrected chi connectivity index (χ3v) is 6.87. The van der Waals surface area contributed by atoms with E-state index in [9.17, 15) is 13.2 Å². The van der Waals surface area contributed by atoms with E-state index in [2.05, 4.69) is 32.6 Å². The highest BCUT2D eigenvalue weighted by Gasteiger charge is 2.26. The molecule has 162 valence electrons. The lowest BCUT2D eigenvalue weighted by Gasteiger charge is -2.19. The zero-order chi connectivity index (χ0) is 22.4. The van der Waals surface area contributed by atoms with Crippen LogP contribution in [0.1, 0.15) is 11.1 Å². The van der Waals surface area contributed by atoms with Gasteiger partial charge in [0.25, 0.3) is 0 Å². The molecule has 6 nitrogen and oxygen atoms in total. The number of nitrogens with one attached hydrogen (secondary N) is 2. The zero-order valence-corrected chi connectivity index (χ0v) is 20.1. The maximum atomic E-state index is 13.1. The smallest absolute Gasteiger partial charge is 0.242 e. The fourth-order valence-corrected chi connectivity index (χ4v) is 4.71. The normalized spacial score (nSPS) is 12.2. The van der Waals surface area contributed by atoms with E-state index in [1.165, 1.54) is 19.2 Å². The molecule has 0 spiro atoms. The molecule has 1 amide bonds. The quantitative estimate of drug-likeness (QED) is 0.413. The number of hydrogen-bond acceptors (Lipinski definition) is 4. The summed E-state index contributed by atoms with van der Waals surface area (Å²) < 4.78 is 34.9. The Hall–Kier alpha value is -2.43. The number of halogens is 1. The number of rotatable bonds is 8. The molecule has 0 aliphatic carbocycles. The topological polar surface area (TPSA) is 84.5 Å². The van der Waals surface area contributed by atoms with E-state index >= 15 is 0 Å². The summed E-state index contributed by atoms with van der Waals surface area (Å²) in [5.41, 5.74) is 2.13. The van der Waals surface area contributed by atoms with Gasteiger partial charge in [-0.3, -0.25) is 4.79 Å². The summed E-state index contributed by atoms with van der Waals surface area (Å²) >= 11 is 2.18. The zero-order valence-electron chi connectivity index (χ0n) is 17.1. The highest BCUT2D eigenvalue weighted by atomic mass is 127. The predicted octanol–water partition coefficient (Wildman–Crippen LogP) is 4.14. The molecule has 0 saturated carbocycles. The molecule has 0 fully saturated rings. The van der Waals surface area contributed by atoms with Crippen LogP contribution in [0.4, 0.5) is 5.69 Å². The highest BCUT2D eigenvalue weighted by molar-refractivity contribution is 14.1. The largest absolute Gasteiger partial charge is 0.496 e. The molecule has 3 aromatic carbocycles. The van der Waals surface area contributed by atoms with Gasteiger partial charge in [-0.1, -0.05) is 30.3 Å². The number of anilines is 1. The molecule has 0 unspecified atom stereocenters. The third kappa shape index (κ3) is 6.28. The molecule has 31 heavy (non-hydrogen) atoms. The van der Waals surface area contributed by atoms with Crippen molar-refractivity contribution >= 4 is 44.2 Å². The number of aryl methyl sites for hydroxylation is 1. The Bertz CT molecular complexity index is 1150. The first-order chi connectivity index (χ1) is 14.8. The molecule has 0 heterocycles. The summed E-state index contributed by atoms with van der Waals surface area (Å²) in [5.74, 6) is 0.162. The fourth-order valence-electron chi connectivity index (χ4n) is 3.07. The van der Waals surface area contributed by atoms with Crippen LogP contribution < -0.4 is 14.8 Å². The summed E-state index contributed by atoms with van der Waals surface area (Å²) in [6.45, 7) is 1.77. The lowest BCUT2D eigenvalue weighted by Crippen LogP contribution is -2.45. The van der Waals surface area contributed by atoms with Crippen LogP contribution in [0.15, 0.2) is 77.7 Å². The van der Waals surface area contributed by atoms with Gasteiger partial charge in [0.2, 0.25) is 15.9 Å². The Balaban J connectivity index is 1.87. The first-order valence-corrected chi connectivity index (χ1v) is 12.1. The predicted molar refractivity (Wildman–Crippen MR) is 130 cm³/mol.